The summed E-state index contributed by atoms with van der Waals surface area (Å²) in [6.07, 6.45) is 9.32. The summed E-state index contributed by atoms with van der Waals surface area (Å²) in [5.41, 5.74) is 2.29. The molecule has 0 nitrogen and oxygen atoms in total. The summed E-state index contributed by atoms with van der Waals surface area (Å²) in [6.45, 7) is 20.0. The van der Waals surface area contributed by atoms with Crippen LogP contribution in [0.2, 0.25) is 0 Å². The molecule has 0 N–H and O–H groups in total. The van der Waals surface area contributed by atoms with Gasteiger partial charge in [-0.2, -0.15) is 0 Å². The molecule has 0 fully saturated rings. The molecule has 0 bridgehead atoms. The molecule has 0 heteroatoms. The van der Waals surface area contributed by atoms with Crippen LogP contribution in [0.5, 0.6) is 0 Å². The zero-order valence-corrected chi connectivity index (χ0v) is 11.6. The van der Waals surface area contributed by atoms with Crippen LogP contribution in [0.15, 0.2) is 49.1 Å². The van der Waals surface area contributed by atoms with E-state index in [1.165, 1.54) is 24.8 Å². The van der Waals surface area contributed by atoms with Crippen LogP contribution >= 0.6 is 0 Å². The van der Waals surface area contributed by atoms with Crippen molar-refractivity contribution in [2.45, 2.75) is 47.0 Å². The summed E-state index contributed by atoms with van der Waals surface area (Å²) in [7, 11) is 0. The Morgan fingerprint density at radius 3 is 2.19 bits per heavy atom. The Bertz CT molecular complexity index is 230. The van der Waals surface area contributed by atoms with Gasteiger partial charge in [-0.3, -0.25) is 0 Å². The lowest BCUT2D eigenvalue weighted by molar-refractivity contribution is 0.579. The van der Waals surface area contributed by atoms with Crippen molar-refractivity contribution in [2.75, 3.05) is 0 Å². The quantitative estimate of drug-likeness (QED) is 0.483. The first-order chi connectivity index (χ1) is 7.67. The fourth-order valence-electron chi connectivity index (χ4n) is 1.40. The molecule has 1 atom stereocenters. The number of hydrogen-bond acceptors (Lipinski definition) is 0. The second-order valence-electron chi connectivity index (χ2n) is 3.63. The Kier molecular flexibility index (Phi) is 13.1. The summed E-state index contributed by atoms with van der Waals surface area (Å²) < 4.78 is 0. The van der Waals surface area contributed by atoms with Crippen molar-refractivity contribution in [2.24, 2.45) is 5.92 Å². The van der Waals surface area contributed by atoms with Gasteiger partial charge in [0.1, 0.15) is 0 Å². The SMILES string of the molecule is C=C/C=C(\C=C)C(=C)C(C)CCCC.CC. The van der Waals surface area contributed by atoms with Crippen LogP contribution in [-0.2, 0) is 0 Å². The van der Waals surface area contributed by atoms with E-state index >= 15 is 0 Å². The van der Waals surface area contributed by atoms with E-state index in [1.54, 1.807) is 6.08 Å². The molecule has 0 radical (unpaired) electrons. The maximum absolute atomic E-state index is 4.11. The Hall–Kier alpha value is -1.04. The Balaban J connectivity index is 0. The lowest BCUT2D eigenvalue weighted by Gasteiger charge is -2.14. The summed E-state index contributed by atoms with van der Waals surface area (Å²) in [5.74, 6) is 0.541. The third-order valence-corrected chi connectivity index (χ3v) is 2.47. The van der Waals surface area contributed by atoms with Crippen LogP contribution in [0.4, 0.5) is 0 Å². The molecule has 0 aliphatic rings. The fourth-order valence-corrected chi connectivity index (χ4v) is 1.40. The third kappa shape index (κ3) is 7.28. The second kappa shape index (κ2) is 12.0. The van der Waals surface area contributed by atoms with E-state index < -0.39 is 0 Å². The fraction of sp³-hybridized carbons (Fsp3) is 0.500. The summed E-state index contributed by atoms with van der Waals surface area (Å²) >= 11 is 0. The van der Waals surface area contributed by atoms with E-state index in [0.29, 0.717) is 5.92 Å². The molecule has 0 aliphatic carbocycles. The van der Waals surface area contributed by atoms with Crippen LogP contribution in [0.1, 0.15) is 47.0 Å². The lowest BCUT2D eigenvalue weighted by atomic mass is 9.91. The third-order valence-electron chi connectivity index (χ3n) is 2.47. The van der Waals surface area contributed by atoms with Crippen molar-refractivity contribution < 1.29 is 0 Å². The molecule has 0 saturated carbocycles. The molecule has 0 aromatic rings. The average Bonchev–Trinajstić information content (AvgIpc) is 2.34. The molecule has 0 saturated heterocycles. The Morgan fingerprint density at radius 2 is 1.81 bits per heavy atom. The van der Waals surface area contributed by atoms with Gasteiger partial charge in [-0.05, 0) is 23.5 Å². The van der Waals surface area contributed by atoms with Crippen LogP contribution in [0.25, 0.3) is 0 Å². The molecule has 16 heavy (non-hydrogen) atoms. The first-order valence-corrected chi connectivity index (χ1v) is 6.31. The highest BCUT2D eigenvalue weighted by atomic mass is 14.1. The molecule has 0 aromatic carbocycles. The highest BCUT2D eigenvalue weighted by Gasteiger charge is 2.07. The van der Waals surface area contributed by atoms with Gasteiger partial charge >= 0.3 is 0 Å². The van der Waals surface area contributed by atoms with E-state index in [1.807, 2.05) is 26.0 Å². The minimum Gasteiger partial charge on any atom is -0.0990 e. The van der Waals surface area contributed by atoms with Gasteiger partial charge in [0.15, 0.2) is 0 Å². The van der Waals surface area contributed by atoms with E-state index in [-0.39, 0.29) is 0 Å². The summed E-state index contributed by atoms with van der Waals surface area (Å²) in [5, 5.41) is 0. The van der Waals surface area contributed by atoms with E-state index in [2.05, 4.69) is 33.6 Å². The number of allylic oxidation sites excluding steroid dienone is 5. The molecule has 0 spiro atoms. The van der Waals surface area contributed by atoms with Gasteiger partial charge < -0.3 is 0 Å². The molecule has 92 valence electrons. The van der Waals surface area contributed by atoms with Crippen molar-refractivity contribution in [1.82, 2.24) is 0 Å². The lowest BCUT2D eigenvalue weighted by Crippen LogP contribution is -2.00. The van der Waals surface area contributed by atoms with Crippen LogP contribution in [0, 0.1) is 5.92 Å². The topological polar surface area (TPSA) is 0 Å². The highest BCUT2D eigenvalue weighted by molar-refractivity contribution is 5.40. The first-order valence-electron chi connectivity index (χ1n) is 6.31. The predicted molar refractivity (Wildman–Crippen MR) is 77.7 cm³/mol. The van der Waals surface area contributed by atoms with Crippen molar-refractivity contribution >= 4 is 0 Å². The van der Waals surface area contributed by atoms with Crippen LogP contribution < -0.4 is 0 Å². The molecule has 0 aromatic heterocycles. The predicted octanol–water partition coefficient (Wildman–Crippen LogP) is 5.69. The summed E-state index contributed by atoms with van der Waals surface area (Å²) in [4.78, 5) is 0. The van der Waals surface area contributed by atoms with Gasteiger partial charge in [0.2, 0.25) is 0 Å². The number of hydrogen-bond donors (Lipinski definition) is 0. The van der Waals surface area contributed by atoms with Crippen molar-refractivity contribution in [1.29, 1.82) is 0 Å². The van der Waals surface area contributed by atoms with E-state index in [9.17, 15) is 0 Å². The maximum Gasteiger partial charge on any atom is -0.0190 e. The van der Waals surface area contributed by atoms with E-state index in [4.69, 9.17) is 0 Å². The largest absolute Gasteiger partial charge is 0.0990 e. The van der Waals surface area contributed by atoms with Crippen molar-refractivity contribution in [3.63, 3.8) is 0 Å². The van der Waals surface area contributed by atoms with E-state index in [0.717, 1.165) is 5.57 Å². The zero-order chi connectivity index (χ0) is 13.0. The zero-order valence-electron chi connectivity index (χ0n) is 11.6. The maximum atomic E-state index is 4.11. The Labute approximate surface area is 102 Å². The smallest absolute Gasteiger partial charge is 0.0190 e. The van der Waals surface area contributed by atoms with Gasteiger partial charge in [-0.15, -0.1) is 0 Å². The molecule has 1 unspecified atom stereocenters. The van der Waals surface area contributed by atoms with Crippen molar-refractivity contribution in [3.05, 3.63) is 49.1 Å². The Morgan fingerprint density at radius 1 is 1.25 bits per heavy atom. The van der Waals surface area contributed by atoms with Crippen LogP contribution in [-0.4, -0.2) is 0 Å². The number of rotatable bonds is 7. The second-order valence-corrected chi connectivity index (χ2v) is 3.63. The summed E-state index contributed by atoms with van der Waals surface area (Å²) in [6, 6.07) is 0. The monoisotopic (exact) mass is 220 g/mol. The van der Waals surface area contributed by atoms with Gasteiger partial charge in [0.25, 0.3) is 0 Å². The molecule has 0 aliphatic heterocycles. The van der Waals surface area contributed by atoms with Crippen molar-refractivity contribution in [3.8, 4) is 0 Å². The van der Waals surface area contributed by atoms with Crippen LogP contribution in [0.3, 0.4) is 0 Å². The highest BCUT2D eigenvalue weighted by Crippen LogP contribution is 2.23. The standard InChI is InChI=1S/C14H22.C2H6/c1-6-9-11-12(4)13(5)14(8-3)10-7-2;1-2/h7-8,10,12H,2-3,5-6,9,11H2,1,4H3;1-2H3/b14-10+;. The molecular weight excluding hydrogens is 192 g/mol. The van der Waals surface area contributed by atoms with Gasteiger partial charge in [-0.1, -0.05) is 78.5 Å². The van der Waals surface area contributed by atoms with Gasteiger partial charge in [0.05, 0.1) is 0 Å². The molecule has 0 rings (SSSR count). The minimum absolute atomic E-state index is 0.541. The normalized spacial score (nSPS) is 12.1. The average molecular weight is 220 g/mol. The van der Waals surface area contributed by atoms with Gasteiger partial charge in [-0.25, -0.2) is 0 Å². The molecular formula is C16H28. The molecule has 0 amide bonds. The number of unbranched alkanes of at least 4 members (excludes halogenated alkanes) is 1. The minimum atomic E-state index is 0.541. The first kappa shape index (κ1) is 17.4. The van der Waals surface area contributed by atoms with Gasteiger partial charge in [0, 0.05) is 0 Å². The molecule has 0 heterocycles.